The molecule has 1 N–H and O–H groups in total. The average molecular weight is 330 g/mol. The molecule has 0 spiro atoms. The minimum absolute atomic E-state index is 0.148. The average Bonchev–Trinajstić information content (AvgIpc) is 2.54. The van der Waals surface area contributed by atoms with Gasteiger partial charge in [0.2, 0.25) is 0 Å². The third-order valence-electron chi connectivity index (χ3n) is 3.73. The summed E-state index contributed by atoms with van der Waals surface area (Å²) in [6.45, 7) is 4.28. The Morgan fingerprint density at radius 3 is 2.81 bits per heavy atom. The summed E-state index contributed by atoms with van der Waals surface area (Å²) in [7, 11) is -3.12. The second-order valence-electron chi connectivity index (χ2n) is 5.04. The summed E-state index contributed by atoms with van der Waals surface area (Å²) in [6, 6.07) is 3.64. The smallest absolute Gasteiger partial charge is 0.171 e. The van der Waals surface area contributed by atoms with Crippen molar-refractivity contribution in [2.24, 2.45) is 0 Å². The molecule has 1 aliphatic heterocycles. The maximum atomic E-state index is 12.2. The van der Waals surface area contributed by atoms with E-state index < -0.39 is 21.3 Å². The predicted octanol–water partition coefficient (Wildman–Crippen LogP) is 1.84. The zero-order chi connectivity index (χ0) is 15.5. The largest absolute Gasteiger partial charge is 0.387 e. The van der Waals surface area contributed by atoms with Crippen LogP contribution in [0.5, 0.6) is 0 Å². The van der Waals surface area contributed by atoms with E-state index in [4.69, 9.17) is 0 Å². The second kappa shape index (κ2) is 6.98. The molecule has 21 heavy (non-hydrogen) atoms. The highest BCUT2D eigenvalue weighted by molar-refractivity contribution is 8.01. The number of thioether (sulfide) groups is 1. The Balaban J connectivity index is 2.26. The van der Waals surface area contributed by atoms with Gasteiger partial charge in [0.15, 0.2) is 9.84 Å². The molecule has 1 aromatic heterocycles. The molecule has 1 fully saturated rings. The molecule has 0 amide bonds. The van der Waals surface area contributed by atoms with Crippen molar-refractivity contribution in [3.05, 3.63) is 24.0 Å². The molecule has 1 saturated heterocycles. The highest BCUT2D eigenvalue weighted by Crippen LogP contribution is 2.27. The lowest BCUT2D eigenvalue weighted by Gasteiger charge is -2.36. The van der Waals surface area contributed by atoms with E-state index in [-0.39, 0.29) is 5.75 Å². The summed E-state index contributed by atoms with van der Waals surface area (Å²) in [6.07, 6.45) is 1.72. The van der Waals surface area contributed by atoms with Gasteiger partial charge in [-0.05, 0) is 18.6 Å². The monoisotopic (exact) mass is 330 g/mol. The normalized spacial score (nSPS) is 21.3. The number of sulfone groups is 1. The lowest BCUT2D eigenvalue weighted by atomic mass is 10.2. The number of aliphatic hydroxyl groups excluding tert-OH is 1. The molecule has 2 atom stereocenters. The van der Waals surface area contributed by atoms with E-state index in [2.05, 4.69) is 4.98 Å². The molecular formula is C14H22N2O3S2. The summed E-state index contributed by atoms with van der Waals surface area (Å²) < 4.78 is 24.5. The topological polar surface area (TPSA) is 70.5 Å². The molecular weight excluding hydrogens is 308 g/mol. The summed E-state index contributed by atoms with van der Waals surface area (Å²) >= 11 is 1.67. The maximum absolute atomic E-state index is 12.2. The van der Waals surface area contributed by atoms with Crippen molar-refractivity contribution in [3.63, 3.8) is 0 Å². The molecule has 0 radical (unpaired) electrons. The zero-order valence-electron chi connectivity index (χ0n) is 12.4. The fourth-order valence-electron chi connectivity index (χ4n) is 2.34. The first-order valence-electron chi connectivity index (χ1n) is 7.19. The van der Waals surface area contributed by atoms with Gasteiger partial charge in [0.1, 0.15) is 5.37 Å². The molecule has 1 aliphatic rings. The van der Waals surface area contributed by atoms with Gasteiger partial charge < -0.3 is 10.0 Å². The molecule has 0 saturated carbocycles. The first-order valence-corrected chi connectivity index (χ1v) is 10.1. The summed E-state index contributed by atoms with van der Waals surface area (Å²) in [5.74, 6) is 1.65. The van der Waals surface area contributed by atoms with Gasteiger partial charge in [0, 0.05) is 23.8 Å². The van der Waals surface area contributed by atoms with Gasteiger partial charge >= 0.3 is 0 Å². The fourth-order valence-corrected chi connectivity index (χ4v) is 5.33. The number of aliphatic hydroxyl groups is 1. The van der Waals surface area contributed by atoms with Crippen molar-refractivity contribution in [1.82, 2.24) is 4.98 Å². The molecule has 0 bridgehead atoms. The molecule has 118 valence electrons. The van der Waals surface area contributed by atoms with Gasteiger partial charge in [-0.25, -0.2) is 8.42 Å². The Bertz CT molecular complexity index is 560. The van der Waals surface area contributed by atoms with Crippen LogP contribution in [-0.4, -0.2) is 47.7 Å². The standard InChI is InChI=1S/C14H22N2O3S2/c1-3-13(17)12-6-5-11(9-15-12)16-7-8-20-10-14(16)21(18,19)4-2/h5-6,9,13-14,17H,3-4,7-8,10H2,1-2H3. The lowest BCUT2D eigenvalue weighted by molar-refractivity contribution is 0.169. The van der Waals surface area contributed by atoms with Crippen molar-refractivity contribution < 1.29 is 13.5 Å². The van der Waals surface area contributed by atoms with Crippen molar-refractivity contribution >= 4 is 27.3 Å². The van der Waals surface area contributed by atoms with Crippen LogP contribution in [0.4, 0.5) is 5.69 Å². The van der Waals surface area contributed by atoms with E-state index >= 15 is 0 Å². The minimum Gasteiger partial charge on any atom is -0.387 e. The van der Waals surface area contributed by atoms with Gasteiger partial charge in [0.05, 0.1) is 23.7 Å². The van der Waals surface area contributed by atoms with Crippen LogP contribution in [0.25, 0.3) is 0 Å². The Hall–Kier alpha value is -0.790. The van der Waals surface area contributed by atoms with Gasteiger partial charge in [0.25, 0.3) is 0 Å². The van der Waals surface area contributed by atoms with E-state index in [1.807, 2.05) is 17.9 Å². The fraction of sp³-hybridized carbons (Fsp3) is 0.643. The van der Waals surface area contributed by atoms with Crippen LogP contribution in [0.1, 0.15) is 32.1 Å². The second-order valence-corrected chi connectivity index (χ2v) is 8.64. The minimum atomic E-state index is -3.12. The first-order chi connectivity index (χ1) is 9.99. The molecule has 0 aliphatic carbocycles. The third-order valence-corrected chi connectivity index (χ3v) is 7.02. The van der Waals surface area contributed by atoms with Crippen LogP contribution in [0.15, 0.2) is 18.3 Å². The van der Waals surface area contributed by atoms with Crippen molar-refractivity contribution in [1.29, 1.82) is 0 Å². The third kappa shape index (κ3) is 3.70. The molecule has 2 unspecified atom stereocenters. The van der Waals surface area contributed by atoms with Crippen LogP contribution < -0.4 is 4.90 Å². The number of rotatable bonds is 5. The summed E-state index contributed by atoms with van der Waals surface area (Å²) in [5, 5.41) is 9.29. The number of aromatic nitrogens is 1. The number of anilines is 1. The Labute approximate surface area is 130 Å². The van der Waals surface area contributed by atoms with Crippen molar-refractivity contribution in [2.75, 3.05) is 28.7 Å². The van der Waals surface area contributed by atoms with E-state index in [1.54, 1.807) is 30.9 Å². The Morgan fingerprint density at radius 2 is 2.24 bits per heavy atom. The van der Waals surface area contributed by atoms with Crippen LogP contribution in [0.2, 0.25) is 0 Å². The summed E-state index contributed by atoms with van der Waals surface area (Å²) in [5.41, 5.74) is 1.44. The van der Waals surface area contributed by atoms with Crippen LogP contribution in [-0.2, 0) is 9.84 Å². The highest BCUT2D eigenvalue weighted by Gasteiger charge is 2.33. The van der Waals surface area contributed by atoms with Crippen molar-refractivity contribution in [2.45, 2.75) is 31.7 Å². The van der Waals surface area contributed by atoms with E-state index in [0.29, 0.717) is 24.4 Å². The highest BCUT2D eigenvalue weighted by atomic mass is 32.2. The number of pyridine rings is 1. The number of hydrogen-bond donors (Lipinski definition) is 1. The van der Waals surface area contributed by atoms with Gasteiger partial charge in [-0.15, -0.1) is 0 Å². The number of hydrogen-bond acceptors (Lipinski definition) is 6. The number of nitrogens with zero attached hydrogens (tertiary/aromatic N) is 2. The van der Waals surface area contributed by atoms with Gasteiger partial charge in [-0.1, -0.05) is 13.8 Å². The van der Waals surface area contributed by atoms with Crippen LogP contribution >= 0.6 is 11.8 Å². The van der Waals surface area contributed by atoms with E-state index in [1.165, 1.54) is 0 Å². The maximum Gasteiger partial charge on any atom is 0.171 e. The van der Waals surface area contributed by atoms with Crippen molar-refractivity contribution in [3.8, 4) is 0 Å². The Morgan fingerprint density at radius 1 is 1.48 bits per heavy atom. The molecule has 2 rings (SSSR count). The molecule has 0 aromatic carbocycles. The quantitative estimate of drug-likeness (QED) is 0.888. The van der Waals surface area contributed by atoms with Crippen LogP contribution in [0, 0.1) is 0 Å². The van der Waals surface area contributed by atoms with E-state index in [9.17, 15) is 13.5 Å². The first kappa shape index (κ1) is 16.6. The van der Waals surface area contributed by atoms with E-state index in [0.717, 1.165) is 11.4 Å². The molecule has 5 nitrogen and oxygen atoms in total. The molecule has 7 heteroatoms. The lowest BCUT2D eigenvalue weighted by Crippen LogP contribution is -2.48. The zero-order valence-corrected chi connectivity index (χ0v) is 14.0. The van der Waals surface area contributed by atoms with Crippen LogP contribution in [0.3, 0.4) is 0 Å². The molecule has 1 aromatic rings. The van der Waals surface area contributed by atoms with Gasteiger partial charge in [-0.3, -0.25) is 4.98 Å². The predicted molar refractivity (Wildman–Crippen MR) is 87.4 cm³/mol. The summed E-state index contributed by atoms with van der Waals surface area (Å²) in [4.78, 5) is 6.19. The molecule has 2 heterocycles. The SMILES string of the molecule is CCC(O)c1ccc(N2CCSCC2S(=O)(=O)CC)cn1. The Kier molecular flexibility index (Phi) is 5.51. The van der Waals surface area contributed by atoms with Gasteiger partial charge in [-0.2, -0.15) is 11.8 Å².